The van der Waals surface area contributed by atoms with Crippen molar-refractivity contribution in [1.82, 2.24) is 0 Å². The van der Waals surface area contributed by atoms with Gasteiger partial charge in [0.05, 0.1) is 18.2 Å². The highest BCUT2D eigenvalue weighted by atomic mass is 16.3. The first-order valence-electron chi connectivity index (χ1n) is 3.99. The normalized spacial score (nSPS) is 11.4. The summed E-state index contributed by atoms with van der Waals surface area (Å²) in [5.41, 5.74) is 8.17. The predicted octanol–water partition coefficient (Wildman–Crippen LogP) is 2.76. The molecule has 0 saturated carbocycles. The Morgan fingerprint density at radius 3 is 2.00 bits per heavy atom. The Morgan fingerprint density at radius 2 is 1.46 bits per heavy atom. The zero-order valence-corrected chi connectivity index (χ0v) is 6.78. The van der Waals surface area contributed by atoms with Crippen LogP contribution < -0.4 is 5.73 Å². The van der Waals surface area contributed by atoms with Gasteiger partial charge in [0.2, 0.25) is 0 Å². The molecule has 1 aromatic carbocycles. The van der Waals surface area contributed by atoms with Crippen LogP contribution in [-0.4, -0.2) is 0 Å². The molecule has 0 radical (unpaired) electrons. The minimum atomic E-state index is 0.718. The number of nitrogen functional groups attached to an aromatic ring is 1. The summed E-state index contributed by atoms with van der Waals surface area (Å²) in [5, 5.41) is 1.88. The van der Waals surface area contributed by atoms with Crippen molar-refractivity contribution in [2.45, 2.75) is 0 Å². The lowest BCUT2D eigenvalue weighted by atomic mass is 10.1. The summed E-state index contributed by atoms with van der Waals surface area (Å²) < 4.78 is 10.5. The van der Waals surface area contributed by atoms with E-state index in [9.17, 15) is 0 Å². The van der Waals surface area contributed by atoms with Crippen molar-refractivity contribution in [2.75, 3.05) is 5.73 Å². The number of hydrogen-bond acceptors (Lipinski definition) is 3. The molecule has 0 atom stereocenters. The molecule has 0 amide bonds. The van der Waals surface area contributed by atoms with Gasteiger partial charge in [-0.2, -0.15) is 0 Å². The third kappa shape index (κ3) is 0.731. The SMILES string of the molecule is Nc1c2ccoc2cc2occc12. The highest BCUT2D eigenvalue weighted by Crippen LogP contribution is 2.31. The lowest BCUT2D eigenvalue weighted by Gasteiger charge is -1.96. The van der Waals surface area contributed by atoms with Crippen molar-refractivity contribution in [3.05, 3.63) is 30.7 Å². The van der Waals surface area contributed by atoms with Gasteiger partial charge >= 0.3 is 0 Å². The van der Waals surface area contributed by atoms with Crippen molar-refractivity contribution >= 4 is 27.6 Å². The summed E-state index contributed by atoms with van der Waals surface area (Å²) in [5.74, 6) is 0. The molecule has 0 aliphatic heterocycles. The molecule has 2 N–H and O–H groups in total. The largest absolute Gasteiger partial charge is 0.464 e. The van der Waals surface area contributed by atoms with E-state index in [1.165, 1.54) is 0 Å². The van der Waals surface area contributed by atoms with E-state index in [2.05, 4.69) is 0 Å². The van der Waals surface area contributed by atoms with E-state index < -0.39 is 0 Å². The zero-order chi connectivity index (χ0) is 8.84. The number of nitrogens with two attached hydrogens (primary N) is 1. The van der Waals surface area contributed by atoms with Gasteiger partial charge in [0.1, 0.15) is 11.2 Å². The molecular formula is C10H7NO2. The minimum absolute atomic E-state index is 0.718. The van der Waals surface area contributed by atoms with Gasteiger partial charge in [-0.15, -0.1) is 0 Å². The van der Waals surface area contributed by atoms with Crippen LogP contribution in [0.15, 0.2) is 39.6 Å². The molecule has 0 saturated heterocycles. The predicted molar refractivity (Wildman–Crippen MR) is 50.4 cm³/mol. The molecule has 0 aliphatic carbocycles. The van der Waals surface area contributed by atoms with Crippen LogP contribution >= 0.6 is 0 Å². The number of benzene rings is 1. The van der Waals surface area contributed by atoms with E-state index in [0.717, 1.165) is 27.6 Å². The zero-order valence-electron chi connectivity index (χ0n) is 6.78. The second-order valence-corrected chi connectivity index (χ2v) is 2.96. The van der Waals surface area contributed by atoms with Gasteiger partial charge in [0.25, 0.3) is 0 Å². The molecule has 3 heteroatoms. The second-order valence-electron chi connectivity index (χ2n) is 2.96. The standard InChI is InChI=1S/C10H7NO2/c11-10-6-1-3-12-8(6)5-9-7(10)2-4-13-9/h1-5H,11H2. The van der Waals surface area contributed by atoms with Crippen molar-refractivity contribution in [3.8, 4) is 0 Å². The Kier molecular flexibility index (Phi) is 1.05. The third-order valence-corrected chi connectivity index (χ3v) is 2.23. The maximum atomic E-state index is 5.92. The molecule has 0 bridgehead atoms. The van der Waals surface area contributed by atoms with Crippen molar-refractivity contribution in [3.63, 3.8) is 0 Å². The average Bonchev–Trinajstić information content (AvgIpc) is 2.71. The van der Waals surface area contributed by atoms with Crippen LogP contribution in [-0.2, 0) is 0 Å². The average molecular weight is 173 g/mol. The Balaban J connectivity index is 2.67. The van der Waals surface area contributed by atoms with Crippen LogP contribution in [0.5, 0.6) is 0 Å². The Bertz CT molecular complexity index is 528. The van der Waals surface area contributed by atoms with Crippen LogP contribution in [0.1, 0.15) is 0 Å². The first-order chi connectivity index (χ1) is 6.36. The Labute approximate surface area is 73.7 Å². The molecule has 0 unspecified atom stereocenters. The Morgan fingerprint density at radius 1 is 0.923 bits per heavy atom. The number of anilines is 1. The molecule has 3 rings (SSSR count). The second kappa shape index (κ2) is 2.07. The fraction of sp³-hybridized carbons (Fsp3) is 0. The lowest BCUT2D eigenvalue weighted by molar-refractivity contribution is 0.604. The molecule has 2 aromatic heterocycles. The van der Waals surface area contributed by atoms with Crippen LogP contribution in [0, 0.1) is 0 Å². The Hall–Kier alpha value is -1.90. The van der Waals surface area contributed by atoms with Crippen molar-refractivity contribution in [2.24, 2.45) is 0 Å². The van der Waals surface area contributed by atoms with Gasteiger partial charge in [0.15, 0.2) is 0 Å². The summed E-state index contributed by atoms with van der Waals surface area (Å²) in [7, 11) is 0. The number of furan rings is 2. The van der Waals surface area contributed by atoms with Gasteiger partial charge in [-0.25, -0.2) is 0 Å². The number of hydrogen-bond donors (Lipinski definition) is 1. The van der Waals surface area contributed by atoms with Gasteiger partial charge in [-0.1, -0.05) is 0 Å². The molecule has 64 valence electrons. The fourth-order valence-corrected chi connectivity index (χ4v) is 1.57. The van der Waals surface area contributed by atoms with Gasteiger partial charge in [-0.05, 0) is 12.1 Å². The molecule has 2 heterocycles. The summed E-state index contributed by atoms with van der Waals surface area (Å²) in [6, 6.07) is 5.56. The summed E-state index contributed by atoms with van der Waals surface area (Å²) in [4.78, 5) is 0. The highest BCUT2D eigenvalue weighted by Gasteiger charge is 2.08. The van der Waals surface area contributed by atoms with E-state index in [-0.39, 0.29) is 0 Å². The maximum Gasteiger partial charge on any atom is 0.139 e. The van der Waals surface area contributed by atoms with Crippen LogP contribution in [0.3, 0.4) is 0 Å². The fourth-order valence-electron chi connectivity index (χ4n) is 1.57. The minimum Gasteiger partial charge on any atom is -0.464 e. The van der Waals surface area contributed by atoms with Crippen LogP contribution in [0.2, 0.25) is 0 Å². The third-order valence-electron chi connectivity index (χ3n) is 2.23. The molecule has 0 spiro atoms. The van der Waals surface area contributed by atoms with Crippen molar-refractivity contribution < 1.29 is 8.83 Å². The summed E-state index contributed by atoms with van der Waals surface area (Å²) in [6.07, 6.45) is 3.25. The van der Waals surface area contributed by atoms with E-state index in [1.807, 2.05) is 18.2 Å². The highest BCUT2D eigenvalue weighted by molar-refractivity contribution is 6.06. The molecule has 0 aliphatic rings. The first-order valence-corrected chi connectivity index (χ1v) is 3.99. The smallest absolute Gasteiger partial charge is 0.139 e. The number of fused-ring (bicyclic) bond motifs is 2. The van der Waals surface area contributed by atoms with E-state index >= 15 is 0 Å². The van der Waals surface area contributed by atoms with Gasteiger partial charge in [-0.3, -0.25) is 0 Å². The number of rotatable bonds is 0. The topological polar surface area (TPSA) is 52.3 Å². The quantitative estimate of drug-likeness (QED) is 0.532. The molecule has 13 heavy (non-hydrogen) atoms. The first kappa shape index (κ1) is 6.60. The van der Waals surface area contributed by atoms with Crippen LogP contribution in [0.4, 0.5) is 5.69 Å². The molecule has 3 aromatic rings. The monoisotopic (exact) mass is 173 g/mol. The summed E-state index contributed by atoms with van der Waals surface area (Å²) >= 11 is 0. The molecule has 3 nitrogen and oxygen atoms in total. The van der Waals surface area contributed by atoms with Gasteiger partial charge in [0, 0.05) is 16.8 Å². The lowest BCUT2D eigenvalue weighted by Crippen LogP contribution is -1.85. The maximum absolute atomic E-state index is 5.92. The molecular weight excluding hydrogens is 166 g/mol. The summed E-state index contributed by atoms with van der Waals surface area (Å²) in [6.45, 7) is 0. The molecule has 0 fully saturated rings. The van der Waals surface area contributed by atoms with Crippen molar-refractivity contribution in [1.29, 1.82) is 0 Å². The van der Waals surface area contributed by atoms with E-state index in [1.54, 1.807) is 12.5 Å². The van der Waals surface area contributed by atoms with Gasteiger partial charge < -0.3 is 14.6 Å². The van der Waals surface area contributed by atoms with E-state index in [0.29, 0.717) is 0 Å². The van der Waals surface area contributed by atoms with Crippen LogP contribution in [0.25, 0.3) is 21.9 Å². The van der Waals surface area contributed by atoms with E-state index in [4.69, 9.17) is 14.6 Å².